The molecule has 0 spiro atoms. The summed E-state index contributed by atoms with van der Waals surface area (Å²) in [6, 6.07) is 13.9. The second-order valence-corrected chi connectivity index (χ2v) is 9.40. The molecule has 0 unspecified atom stereocenters. The molecule has 1 aromatic heterocycles. The molecule has 0 saturated carbocycles. The first kappa shape index (κ1) is 23.4. The summed E-state index contributed by atoms with van der Waals surface area (Å²) < 4.78 is 11.9. The van der Waals surface area contributed by atoms with E-state index >= 15 is 0 Å². The molecule has 3 rings (SSSR count). The average Bonchev–Trinajstić information content (AvgIpc) is 3.21. The second-order valence-electron chi connectivity index (χ2n) is 7.26. The summed E-state index contributed by atoms with van der Waals surface area (Å²) >= 11 is 3.17. The zero-order valence-electron chi connectivity index (χ0n) is 18.5. The number of hydrogen-bond donors (Lipinski definition) is 0. The van der Waals surface area contributed by atoms with E-state index in [4.69, 9.17) is 14.5 Å². The average molecular weight is 460 g/mol. The van der Waals surface area contributed by atoms with E-state index in [1.807, 2.05) is 49.3 Å². The van der Waals surface area contributed by atoms with Crippen LogP contribution in [0.15, 0.2) is 47.4 Å². The first-order chi connectivity index (χ1) is 15.0. The molecule has 0 atom stereocenters. The maximum absolute atomic E-state index is 13.2. The lowest BCUT2D eigenvalue weighted by Crippen LogP contribution is -2.33. The lowest BCUT2D eigenvalue weighted by atomic mass is 10.3. The summed E-state index contributed by atoms with van der Waals surface area (Å²) in [6.45, 7) is 1.53. The van der Waals surface area contributed by atoms with Crippen LogP contribution in [0.2, 0.25) is 0 Å². The van der Waals surface area contributed by atoms with Crippen molar-refractivity contribution in [1.82, 2.24) is 9.88 Å². The molecule has 0 radical (unpaired) electrons. The van der Waals surface area contributed by atoms with Crippen LogP contribution in [-0.4, -0.2) is 62.9 Å². The third-order valence-corrected chi connectivity index (χ3v) is 6.85. The van der Waals surface area contributed by atoms with Gasteiger partial charge in [-0.1, -0.05) is 29.5 Å². The summed E-state index contributed by atoms with van der Waals surface area (Å²) in [6.07, 6.45) is 1.32. The van der Waals surface area contributed by atoms with E-state index in [9.17, 15) is 4.79 Å². The molecule has 0 fully saturated rings. The van der Waals surface area contributed by atoms with Crippen molar-refractivity contribution in [3.05, 3.63) is 42.5 Å². The molecule has 0 saturated heterocycles. The quantitative estimate of drug-likeness (QED) is 0.385. The van der Waals surface area contributed by atoms with Crippen LogP contribution in [0.5, 0.6) is 11.5 Å². The second kappa shape index (κ2) is 11.4. The molecule has 6 nitrogen and oxygen atoms in total. The molecule has 0 aliphatic rings. The van der Waals surface area contributed by atoms with Gasteiger partial charge in [0.1, 0.15) is 21.7 Å². The first-order valence-corrected chi connectivity index (χ1v) is 12.0. The fourth-order valence-corrected chi connectivity index (χ4v) is 5.15. The fraction of sp³-hybridized carbons (Fsp3) is 0.391. The predicted molar refractivity (Wildman–Crippen MR) is 130 cm³/mol. The Hall–Kier alpha value is -2.29. The van der Waals surface area contributed by atoms with Gasteiger partial charge in [-0.25, -0.2) is 4.98 Å². The van der Waals surface area contributed by atoms with Gasteiger partial charge in [0.25, 0.3) is 0 Å². The normalized spacial score (nSPS) is 11.1. The minimum atomic E-state index is 0.0826. The third kappa shape index (κ3) is 6.12. The van der Waals surface area contributed by atoms with Crippen LogP contribution >= 0.6 is 23.1 Å². The van der Waals surface area contributed by atoms with E-state index in [0.717, 1.165) is 34.7 Å². The summed E-state index contributed by atoms with van der Waals surface area (Å²) in [4.78, 5) is 23.1. The number of ether oxygens (including phenoxy) is 2. The van der Waals surface area contributed by atoms with E-state index in [-0.39, 0.29) is 5.91 Å². The highest BCUT2D eigenvalue weighted by Gasteiger charge is 2.22. The van der Waals surface area contributed by atoms with Gasteiger partial charge in [0, 0.05) is 23.6 Å². The Morgan fingerprint density at radius 2 is 1.74 bits per heavy atom. The molecule has 0 bridgehead atoms. The minimum absolute atomic E-state index is 0.0826. The number of thioether (sulfide) groups is 1. The van der Waals surface area contributed by atoms with Crippen molar-refractivity contribution in [2.75, 3.05) is 52.1 Å². The van der Waals surface area contributed by atoms with Crippen molar-refractivity contribution in [2.24, 2.45) is 0 Å². The van der Waals surface area contributed by atoms with Crippen LogP contribution in [0, 0.1) is 0 Å². The van der Waals surface area contributed by atoms with E-state index in [2.05, 4.69) is 17.0 Å². The van der Waals surface area contributed by atoms with Gasteiger partial charge < -0.3 is 14.4 Å². The number of rotatable bonds is 11. The molecule has 166 valence electrons. The highest BCUT2D eigenvalue weighted by molar-refractivity contribution is 7.99. The van der Waals surface area contributed by atoms with Gasteiger partial charge in [-0.05, 0) is 51.3 Å². The molecule has 3 aromatic rings. The minimum Gasteiger partial charge on any atom is -0.495 e. The summed E-state index contributed by atoms with van der Waals surface area (Å²) in [5, 5.41) is 0.686. The zero-order valence-corrected chi connectivity index (χ0v) is 20.1. The number of benzene rings is 2. The Morgan fingerprint density at radius 3 is 2.42 bits per heavy atom. The number of carbonyl (C=O) groups excluding carboxylic acids is 1. The summed E-state index contributed by atoms with van der Waals surface area (Å²) in [5.74, 6) is 2.22. The number of thiazole rings is 1. The zero-order chi connectivity index (χ0) is 22.2. The number of aromatic nitrogens is 1. The molecule has 0 aliphatic carbocycles. The van der Waals surface area contributed by atoms with Gasteiger partial charge >= 0.3 is 0 Å². The van der Waals surface area contributed by atoms with Gasteiger partial charge in [-0.3, -0.25) is 9.69 Å². The van der Waals surface area contributed by atoms with Crippen molar-refractivity contribution >= 4 is 44.4 Å². The predicted octanol–water partition coefficient (Wildman–Crippen LogP) is 4.78. The van der Waals surface area contributed by atoms with Gasteiger partial charge in [0.2, 0.25) is 5.91 Å². The Labute approximate surface area is 192 Å². The Morgan fingerprint density at radius 1 is 1.03 bits per heavy atom. The number of nitrogens with zero attached hydrogens (tertiary/aromatic N) is 3. The summed E-state index contributed by atoms with van der Waals surface area (Å²) in [7, 11) is 7.34. The molecular weight excluding hydrogens is 430 g/mol. The van der Waals surface area contributed by atoms with Gasteiger partial charge in [-0.15, -0.1) is 11.8 Å². The van der Waals surface area contributed by atoms with Crippen LogP contribution in [-0.2, 0) is 4.79 Å². The smallest absolute Gasteiger partial charge is 0.229 e. The van der Waals surface area contributed by atoms with E-state index in [1.165, 1.54) is 16.2 Å². The standard InChI is InChI=1S/C23H29N3O3S2/c1-25(2)14-8-15-26(20(27)13-16-30-17-9-6-5-7-10-17)23-24-21-18(28-3)11-12-19(29-4)22(21)31-23/h5-7,9-12H,8,13-16H2,1-4H3. The van der Waals surface area contributed by atoms with Crippen LogP contribution in [0.25, 0.3) is 10.2 Å². The number of amides is 1. The van der Waals surface area contributed by atoms with E-state index < -0.39 is 0 Å². The van der Waals surface area contributed by atoms with E-state index in [1.54, 1.807) is 26.0 Å². The van der Waals surface area contributed by atoms with Crippen molar-refractivity contribution in [1.29, 1.82) is 0 Å². The Balaban J connectivity index is 1.81. The molecule has 2 aromatic carbocycles. The molecule has 8 heteroatoms. The monoisotopic (exact) mass is 459 g/mol. The number of methoxy groups -OCH3 is 2. The molecule has 31 heavy (non-hydrogen) atoms. The molecule has 0 aliphatic heterocycles. The Bertz CT molecular complexity index is 951. The summed E-state index contributed by atoms with van der Waals surface area (Å²) in [5.41, 5.74) is 0.728. The van der Waals surface area contributed by atoms with Gasteiger partial charge in [0.05, 0.1) is 14.2 Å². The van der Waals surface area contributed by atoms with Gasteiger partial charge in [-0.2, -0.15) is 0 Å². The maximum atomic E-state index is 13.2. The molecular formula is C23H29N3O3S2. The number of fused-ring (bicyclic) bond motifs is 1. The van der Waals surface area contributed by atoms with Crippen molar-refractivity contribution in [2.45, 2.75) is 17.7 Å². The maximum Gasteiger partial charge on any atom is 0.229 e. The first-order valence-electron chi connectivity index (χ1n) is 10.2. The van der Waals surface area contributed by atoms with E-state index in [0.29, 0.717) is 23.8 Å². The largest absolute Gasteiger partial charge is 0.495 e. The number of carbonyl (C=O) groups is 1. The third-order valence-electron chi connectivity index (χ3n) is 4.75. The fourth-order valence-electron chi connectivity index (χ4n) is 3.17. The van der Waals surface area contributed by atoms with Crippen molar-refractivity contribution in [3.8, 4) is 11.5 Å². The lowest BCUT2D eigenvalue weighted by Gasteiger charge is -2.21. The van der Waals surface area contributed by atoms with Crippen molar-refractivity contribution in [3.63, 3.8) is 0 Å². The topological polar surface area (TPSA) is 54.9 Å². The number of hydrogen-bond acceptors (Lipinski definition) is 7. The molecule has 1 heterocycles. The Kier molecular flexibility index (Phi) is 8.57. The van der Waals surface area contributed by atoms with Crippen LogP contribution < -0.4 is 14.4 Å². The van der Waals surface area contributed by atoms with Crippen LogP contribution in [0.4, 0.5) is 5.13 Å². The van der Waals surface area contributed by atoms with Crippen LogP contribution in [0.1, 0.15) is 12.8 Å². The number of anilines is 1. The van der Waals surface area contributed by atoms with Crippen molar-refractivity contribution < 1.29 is 14.3 Å². The van der Waals surface area contributed by atoms with Gasteiger partial charge in [0.15, 0.2) is 5.13 Å². The lowest BCUT2D eigenvalue weighted by molar-refractivity contribution is -0.118. The van der Waals surface area contributed by atoms with Crippen LogP contribution in [0.3, 0.4) is 0 Å². The highest BCUT2D eigenvalue weighted by atomic mass is 32.2. The SMILES string of the molecule is COc1ccc(OC)c2sc(N(CCCN(C)C)C(=O)CCSc3ccccc3)nc12. The molecule has 1 amide bonds. The highest BCUT2D eigenvalue weighted by Crippen LogP contribution is 2.40. The molecule has 0 N–H and O–H groups in total.